The van der Waals surface area contributed by atoms with E-state index in [0.29, 0.717) is 18.4 Å². The van der Waals surface area contributed by atoms with Crippen molar-refractivity contribution in [3.05, 3.63) is 5.28 Å². The second-order valence-electron chi connectivity index (χ2n) is 3.87. The van der Waals surface area contributed by atoms with Crippen molar-refractivity contribution >= 4 is 23.5 Å². The lowest BCUT2D eigenvalue weighted by molar-refractivity contribution is 0.226. The first-order valence-electron chi connectivity index (χ1n) is 5.59. The molecule has 0 saturated carbocycles. The molecule has 2 atom stereocenters. The zero-order chi connectivity index (χ0) is 12.8. The van der Waals surface area contributed by atoms with Crippen molar-refractivity contribution in [2.24, 2.45) is 5.92 Å². The summed E-state index contributed by atoms with van der Waals surface area (Å²) < 4.78 is 0. The second-order valence-corrected chi connectivity index (χ2v) is 4.21. The minimum Gasteiger partial charge on any atom is -0.396 e. The summed E-state index contributed by atoms with van der Waals surface area (Å²) in [7, 11) is 0. The van der Waals surface area contributed by atoms with Gasteiger partial charge in [-0.15, -0.1) is 0 Å². The molecule has 96 valence electrons. The number of hydrogen-bond donors (Lipinski definition) is 3. The van der Waals surface area contributed by atoms with Crippen LogP contribution in [-0.4, -0.2) is 39.3 Å². The molecular formula is C10H18ClN5O. The van der Waals surface area contributed by atoms with Crippen LogP contribution in [0.1, 0.15) is 20.8 Å². The number of aliphatic hydroxyl groups is 1. The first-order chi connectivity index (χ1) is 8.06. The molecule has 0 aliphatic carbocycles. The van der Waals surface area contributed by atoms with Gasteiger partial charge in [-0.25, -0.2) is 0 Å². The van der Waals surface area contributed by atoms with Gasteiger partial charge in [-0.1, -0.05) is 6.92 Å². The summed E-state index contributed by atoms with van der Waals surface area (Å²) in [6, 6.07) is 0.0490. The molecule has 1 aromatic heterocycles. The van der Waals surface area contributed by atoms with Crippen LogP contribution in [0.25, 0.3) is 0 Å². The van der Waals surface area contributed by atoms with Crippen molar-refractivity contribution < 1.29 is 5.11 Å². The van der Waals surface area contributed by atoms with E-state index < -0.39 is 0 Å². The van der Waals surface area contributed by atoms with Crippen LogP contribution in [0.15, 0.2) is 0 Å². The number of halogens is 1. The largest absolute Gasteiger partial charge is 0.396 e. The Bertz CT molecular complexity index is 363. The van der Waals surface area contributed by atoms with Crippen molar-refractivity contribution in [3.63, 3.8) is 0 Å². The molecular weight excluding hydrogens is 242 g/mol. The number of aromatic nitrogens is 3. The Morgan fingerprint density at radius 2 is 1.88 bits per heavy atom. The van der Waals surface area contributed by atoms with E-state index in [9.17, 15) is 0 Å². The predicted molar refractivity (Wildman–Crippen MR) is 68.3 cm³/mol. The lowest BCUT2D eigenvalue weighted by atomic mass is 10.1. The summed E-state index contributed by atoms with van der Waals surface area (Å²) in [5, 5.41) is 15.2. The number of rotatable bonds is 6. The van der Waals surface area contributed by atoms with Crippen LogP contribution in [0.2, 0.25) is 5.28 Å². The molecule has 1 aromatic rings. The summed E-state index contributed by atoms with van der Waals surface area (Å²) in [4.78, 5) is 12.1. The number of nitrogens with zero attached hydrogens (tertiary/aromatic N) is 3. The number of anilines is 2. The van der Waals surface area contributed by atoms with Gasteiger partial charge < -0.3 is 15.7 Å². The van der Waals surface area contributed by atoms with Crippen LogP contribution in [-0.2, 0) is 0 Å². The Labute approximate surface area is 106 Å². The van der Waals surface area contributed by atoms with Gasteiger partial charge in [0, 0.05) is 19.2 Å². The van der Waals surface area contributed by atoms with Crippen LogP contribution in [0.3, 0.4) is 0 Å². The Balaban J connectivity index is 2.76. The fraction of sp³-hybridized carbons (Fsp3) is 0.700. The summed E-state index contributed by atoms with van der Waals surface area (Å²) in [6.07, 6.45) is 0. The highest BCUT2D eigenvalue weighted by Gasteiger charge is 2.13. The zero-order valence-electron chi connectivity index (χ0n) is 10.2. The molecule has 3 N–H and O–H groups in total. The van der Waals surface area contributed by atoms with Gasteiger partial charge in [0.15, 0.2) is 0 Å². The van der Waals surface area contributed by atoms with Crippen molar-refractivity contribution in [1.82, 2.24) is 15.0 Å². The highest BCUT2D eigenvalue weighted by molar-refractivity contribution is 6.28. The number of nitrogens with one attached hydrogen (secondary N) is 2. The average Bonchev–Trinajstić information content (AvgIpc) is 2.27. The van der Waals surface area contributed by atoms with E-state index in [1.165, 1.54) is 0 Å². The van der Waals surface area contributed by atoms with Gasteiger partial charge >= 0.3 is 0 Å². The predicted octanol–water partition coefficient (Wildman–Crippen LogP) is 1.39. The highest BCUT2D eigenvalue weighted by Crippen LogP contribution is 2.12. The van der Waals surface area contributed by atoms with Gasteiger partial charge in [0.05, 0.1) is 0 Å². The highest BCUT2D eigenvalue weighted by atomic mass is 35.5. The molecule has 0 aliphatic rings. The van der Waals surface area contributed by atoms with Gasteiger partial charge in [0.1, 0.15) is 0 Å². The molecule has 2 unspecified atom stereocenters. The van der Waals surface area contributed by atoms with E-state index in [0.717, 1.165) is 0 Å². The van der Waals surface area contributed by atoms with Gasteiger partial charge in [0.25, 0.3) is 0 Å². The summed E-state index contributed by atoms with van der Waals surface area (Å²) in [5.41, 5.74) is 0. The summed E-state index contributed by atoms with van der Waals surface area (Å²) in [6.45, 7) is 6.65. The quantitative estimate of drug-likeness (QED) is 0.716. The van der Waals surface area contributed by atoms with Crippen LogP contribution >= 0.6 is 11.6 Å². The molecule has 0 fully saturated rings. The molecule has 1 heterocycles. The molecule has 7 heteroatoms. The van der Waals surface area contributed by atoms with Crippen molar-refractivity contribution in [1.29, 1.82) is 0 Å². The maximum Gasteiger partial charge on any atom is 0.229 e. The molecule has 0 bridgehead atoms. The third-order valence-electron chi connectivity index (χ3n) is 2.44. The normalized spacial score (nSPS) is 14.2. The fourth-order valence-corrected chi connectivity index (χ4v) is 1.32. The molecule has 0 aromatic carbocycles. The SMILES string of the molecule is CCNc1nc(Cl)nc(NC(C)C(C)CO)n1. The van der Waals surface area contributed by atoms with Crippen LogP contribution in [0, 0.1) is 5.92 Å². The van der Waals surface area contributed by atoms with Crippen molar-refractivity contribution in [3.8, 4) is 0 Å². The molecule has 0 saturated heterocycles. The van der Waals surface area contributed by atoms with Crippen LogP contribution in [0.5, 0.6) is 0 Å². The molecule has 17 heavy (non-hydrogen) atoms. The van der Waals surface area contributed by atoms with E-state index in [1.54, 1.807) is 0 Å². The fourth-order valence-electron chi connectivity index (χ4n) is 1.16. The average molecular weight is 260 g/mol. The van der Waals surface area contributed by atoms with E-state index in [1.807, 2.05) is 20.8 Å². The third-order valence-corrected chi connectivity index (χ3v) is 2.61. The molecule has 0 spiro atoms. The molecule has 1 rings (SSSR count). The first-order valence-corrected chi connectivity index (χ1v) is 5.97. The Morgan fingerprint density at radius 1 is 1.24 bits per heavy atom. The third kappa shape index (κ3) is 4.32. The van der Waals surface area contributed by atoms with Crippen molar-refractivity contribution in [2.75, 3.05) is 23.8 Å². The maximum absolute atomic E-state index is 9.05. The molecule has 0 radical (unpaired) electrons. The van der Waals surface area contributed by atoms with E-state index in [-0.39, 0.29) is 23.9 Å². The van der Waals surface area contributed by atoms with E-state index in [4.69, 9.17) is 16.7 Å². The Kier molecular flexibility index (Phi) is 5.37. The molecule has 0 aliphatic heterocycles. The monoisotopic (exact) mass is 259 g/mol. The van der Waals surface area contributed by atoms with Crippen LogP contribution < -0.4 is 10.6 Å². The zero-order valence-corrected chi connectivity index (χ0v) is 11.0. The lowest BCUT2D eigenvalue weighted by Gasteiger charge is -2.19. The Hall–Kier alpha value is -1.14. The van der Waals surface area contributed by atoms with Gasteiger partial charge in [-0.2, -0.15) is 15.0 Å². The molecule has 0 amide bonds. The van der Waals surface area contributed by atoms with Gasteiger partial charge in [-0.3, -0.25) is 0 Å². The van der Waals surface area contributed by atoms with Crippen LogP contribution in [0.4, 0.5) is 11.9 Å². The standard InChI is InChI=1S/C10H18ClN5O/c1-4-12-9-14-8(11)15-10(16-9)13-7(3)6(2)5-17/h6-7,17H,4-5H2,1-3H3,(H2,12,13,14,15,16). The van der Waals surface area contributed by atoms with E-state index >= 15 is 0 Å². The minimum absolute atomic E-state index is 0.0490. The molecule has 6 nitrogen and oxygen atoms in total. The van der Waals surface area contributed by atoms with Crippen molar-refractivity contribution in [2.45, 2.75) is 26.8 Å². The first kappa shape index (κ1) is 13.9. The Morgan fingerprint density at radius 3 is 2.47 bits per heavy atom. The maximum atomic E-state index is 9.05. The lowest BCUT2D eigenvalue weighted by Crippen LogP contribution is -2.27. The van der Waals surface area contributed by atoms with Gasteiger partial charge in [-0.05, 0) is 31.4 Å². The number of aliphatic hydroxyl groups excluding tert-OH is 1. The summed E-state index contributed by atoms with van der Waals surface area (Å²) in [5.74, 6) is 0.959. The van der Waals surface area contributed by atoms with E-state index in [2.05, 4.69) is 25.6 Å². The minimum atomic E-state index is 0.0490. The number of hydrogen-bond acceptors (Lipinski definition) is 6. The summed E-state index contributed by atoms with van der Waals surface area (Å²) >= 11 is 5.79. The smallest absolute Gasteiger partial charge is 0.229 e. The topological polar surface area (TPSA) is 83.0 Å². The second kappa shape index (κ2) is 6.56. The van der Waals surface area contributed by atoms with Gasteiger partial charge in [0.2, 0.25) is 17.2 Å².